The first-order valence-corrected chi connectivity index (χ1v) is 8.90. The predicted octanol–water partition coefficient (Wildman–Crippen LogP) is 2.97. The molecular formula is C12H12ClIN4O2S. The lowest BCUT2D eigenvalue weighted by Crippen LogP contribution is -2.15. The molecule has 0 amide bonds. The number of hydrogen-bond acceptors (Lipinski definition) is 5. The Balaban J connectivity index is 2.25. The molecule has 0 aliphatic rings. The Morgan fingerprint density at radius 2 is 1.95 bits per heavy atom. The molecule has 21 heavy (non-hydrogen) atoms. The fraction of sp³-hybridized carbons (Fsp3) is 0.167. The predicted molar refractivity (Wildman–Crippen MR) is 91.2 cm³/mol. The Hall–Kier alpha value is -1.13. The van der Waals surface area contributed by atoms with Crippen LogP contribution < -0.4 is 10.0 Å². The summed E-state index contributed by atoms with van der Waals surface area (Å²) >= 11 is 7.85. The second-order valence-electron chi connectivity index (χ2n) is 4.00. The van der Waals surface area contributed by atoms with Crippen LogP contribution in [0.1, 0.15) is 6.92 Å². The average Bonchev–Trinajstić information content (AvgIpc) is 2.43. The van der Waals surface area contributed by atoms with Crippen molar-refractivity contribution >= 4 is 55.9 Å². The molecule has 9 heteroatoms. The number of anilines is 2. The lowest BCUT2D eigenvalue weighted by molar-refractivity contribution is 0.600. The van der Waals surface area contributed by atoms with Crippen molar-refractivity contribution < 1.29 is 8.42 Å². The maximum Gasteiger partial charge on any atom is 0.265 e. The molecule has 0 saturated carbocycles. The molecule has 0 saturated heterocycles. The Kier molecular flexibility index (Phi) is 5.22. The van der Waals surface area contributed by atoms with E-state index in [1.165, 1.54) is 12.4 Å². The zero-order valence-electron chi connectivity index (χ0n) is 11.0. The van der Waals surface area contributed by atoms with E-state index < -0.39 is 10.0 Å². The molecule has 1 heterocycles. The largest absolute Gasteiger partial charge is 0.355 e. The van der Waals surface area contributed by atoms with Crippen LogP contribution in [0.25, 0.3) is 0 Å². The molecule has 112 valence electrons. The van der Waals surface area contributed by atoms with Crippen molar-refractivity contribution in [3.8, 4) is 0 Å². The fourth-order valence-corrected chi connectivity index (χ4v) is 3.64. The molecule has 0 aliphatic carbocycles. The number of hydrogen-bond donors (Lipinski definition) is 2. The summed E-state index contributed by atoms with van der Waals surface area (Å²) in [6.45, 7) is 2.56. The first-order chi connectivity index (χ1) is 9.92. The normalized spacial score (nSPS) is 11.2. The quantitative estimate of drug-likeness (QED) is 0.701. The van der Waals surface area contributed by atoms with Crippen molar-refractivity contribution in [2.75, 3.05) is 16.6 Å². The molecule has 0 aliphatic heterocycles. The lowest BCUT2D eigenvalue weighted by atomic mass is 10.3. The number of benzene rings is 1. The summed E-state index contributed by atoms with van der Waals surface area (Å²) in [4.78, 5) is 7.89. The van der Waals surface area contributed by atoms with Gasteiger partial charge in [-0.25, -0.2) is 18.4 Å². The number of rotatable bonds is 5. The van der Waals surface area contributed by atoms with E-state index in [-0.39, 0.29) is 4.90 Å². The van der Waals surface area contributed by atoms with Crippen molar-refractivity contribution in [3.05, 3.63) is 39.2 Å². The zero-order valence-corrected chi connectivity index (χ0v) is 14.7. The summed E-state index contributed by atoms with van der Waals surface area (Å²) in [6.07, 6.45) is 2.52. The highest BCUT2D eigenvalue weighted by molar-refractivity contribution is 14.1. The Labute approximate surface area is 141 Å². The van der Waals surface area contributed by atoms with Gasteiger partial charge in [-0.15, -0.1) is 0 Å². The van der Waals surface area contributed by atoms with E-state index >= 15 is 0 Å². The first kappa shape index (κ1) is 16.2. The van der Waals surface area contributed by atoms with Crippen LogP contribution in [0.5, 0.6) is 0 Å². The van der Waals surface area contributed by atoms with E-state index in [1.54, 1.807) is 18.2 Å². The monoisotopic (exact) mass is 438 g/mol. The van der Waals surface area contributed by atoms with E-state index in [4.69, 9.17) is 11.6 Å². The molecule has 2 aromatic rings. The minimum Gasteiger partial charge on any atom is -0.355 e. The molecule has 2 N–H and O–H groups in total. The Bertz CT molecular complexity index is 737. The third-order valence-corrected chi connectivity index (χ3v) is 4.90. The average molecular weight is 439 g/mol. The molecule has 1 aromatic carbocycles. The van der Waals surface area contributed by atoms with Gasteiger partial charge in [0.15, 0.2) is 0 Å². The Morgan fingerprint density at radius 3 is 2.52 bits per heavy atom. The van der Waals surface area contributed by atoms with E-state index in [0.717, 1.165) is 0 Å². The van der Waals surface area contributed by atoms with E-state index in [2.05, 4.69) is 20.0 Å². The summed E-state index contributed by atoms with van der Waals surface area (Å²) in [6, 6.07) is 4.90. The second-order valence-corrected chi connectivity index (χ2v) is 7.28. The van der Waals surface area contributed by atoms with Gasteiger partial charge in [0, 0.05) is 15.1 Å². The van der Waals surface area contributed by atoms with Crippen molar-refractivity contribution in [1.82, 2.24) is 9.97 Å². The third kappa shape index (κ3) is 4.17. The summed E-state index contributed by atoms with van der Waals surface area (Å²) in [5, 5.41) is 3.44. The summed E-state index contributed by atoms with van der Waals surface area (Å²) in [5.74, 6) is 0.387. The number of sulfonamides is 1. The molecule has 0 bridgehead atoms. The molecule has 0 fully saturated rings. The van der Waals surface area contributed by atoms with Crippen LogP contribution in [0.3, 0.4) is 0 Å². The van der Waals surface area contributed by atoms with Crippen molar-refractivity contribution in [2.24, 2.45) is 0 Å². The maximum absolute atomic E-state index is 12.3. The highest BCUT2D eigenvalue weighted by Gasteiger charge is 2.17. The van der Waals surface area contributed by atoms with Gasteiger partial charge < -0.3 is 5.32 Å². The second kappa shape index (κ2) is 6.75. The number of nitrogens with zero attached hydrogens (tertiary/aromatic N) is 2. The SMILES string of the molecule is CCNc1ncc(S(=O)(=O)Nc2ccc(Cl)cc2I)cn1. The molecule has 0 unspecified atom stereocenters. The minimum atomic E-state index is -3.73. The summed E-state index contributed by atoms with van der Waals surface area (Å²) < 4.78 is 27.7. The van der Waals surface area contributed by atoms with Crippen LogP contribution in [0.15, 0.2) is 35.5 Å². The van der Waals surface area contributed by atoms with Crippen molar-refractivity contribution in [2.45, 2.75) is 11.8 Å². The van der Waals surface area contributed by atoms with E-state index in [9.17, 15) is 8.42 Å². The van der Waals surface area contributed by atoms with Gasteiger partial charge in [0.25, 0.3) is 10.0 Å². The van der Waals surface area contributed by atoms with Crippen molar-refractivity contribution in [1.29, 1.82) is 0 Å². The lowest BCUT2D eigenvalue weighted by Gasteiger charge is -2.10. The minimum absolute atomic E-state index is 0.00472. The van der Waals surface area contributed by atoms with Gasteiger partial charge in [0.2, 0.25) is 5.95 Å². The molecule has 1 aromatic heterocycles. The van der Waals surface area contributed by atoms with Gasteiger partial charge >= 0.3 is 0 Å². The molecule has 0 atom stereocenters. The standard InChI is InChI=1S/C12H12ClIN4O2S/c1-2-15-12-16-6-9(7-17-12)21(19,20)18-11-4-3-8(13)5-10(11)14/h3-7,18H,2H2,1H3,(H,15,16,17). The number of nitrogens with one attached hydrogen (secondary N) is 2. The zero-order chi connectivity index (χ0) is 15.5. The van der Waals surface area contributed by atoms with Gasteiger partial charge in [0.1, 0.15) is 4.90 Å². The number of halogens is 2. The summed E-state index contributed by atoms with van der Waals surface area (Å²) in [7, 11) is -3.73. The van der Waals surface area contributed by atoms with Gasteiger partial charge in [-0.3, -0.25) is 4.72 Å². The third-order valence-electron chi connectivity index (χ3n) is 2.45. The van der Waals surface area contributed by atoms with Crippen molar-refractivity contribution in [3.63, 3.8) is 0 Å². The molecule has 6 nitrogen and oxygen atoms in total. The van der Waals surface area contributed by atoms with E-state index in [1.807, 2.05) is 29.5 Å². The van der Waals surface area contributed by atoms with Gasteiger partial charge in [-0.1, -0.05) is 11.6 Å². The number of aromatic nitrogens is 2. The highest BCUT2D eigenvalue weighted by atomic mass is 127. The van der Waals surface area contributed by atoms with Crippen LogP contribution in [0.2, 0.25) is 5.02 Å². The van der Waals surface area contributed by atoms with Crippen LogP contribution >= 0.6 is 34.2 Å². The van der Waals surface area contributed by atoms with E-state index in [0.29, 0.717) is 26.8 Å². The first-order valence-electron chi connectivity index (χ1n) is 5.96. The summed E-state index contributed by atoms with van der Waals surface area (Å²) in [5.41, 5.74) is 0.454. The highest BCUT2D eigenvalue weighted by Crippen LogP contribution is 2.24. The maximum atomic E-state index is 12.3. The Morgan fingerprint density at radius 1 is 1.29 bits per heavy atom. The fourth-order valence-electron chi connectivity index (χ4n) is 1.48. The van der Waals surface area contributed by atoms with Gasteiger partial charge in [-0.2, -0.15) is 0 Å². The van der Waals surface area contributed by atoms with Crippen LogP contribution in [0, 0.1) is 3.57 Å². The smallest absolute Gasteiger partial charge is 0.265 e. The van der Waals surface area contributed by atoms with Gasteiger partial charge in [0.05, 0.1) is 18.1 Å². The molecule has 0 radical (unpaired) electrons. The van der Waals surface area contributed by atoms with Crippen LogP contribution in [-0.2, 0) is 10.0 Å². The topological polar surface area (TPSA) is 84.0 Å². The molecule has 2 rings (SSSR count). The molecule has 0 spiro atoms. The molecular weight excluding hydrogens is 427 g/mol. The van der Waals surface area contributed by atoms with Crippen LogP contribution in [-0.4, -0.2) is 24.9 Å². The van der Waals surface area contributed by atoms with Crippen LogP contribution in [0.4, 0.5) is 11.6 Å². The van der Waals surface area contributed by atoms with Gasteiger partial charge in [-0.05, 0) is 47.7 Å².